The Kier molecular flexibility index (Phi) is 10.4. The van der Waals surface area contributed by atoms with Crippen molar-refractivity contribution in [3.63, 3.8) is 0 Å². The molecule has 0 unspecified atom stereocenters. The van der Waals surface area contributed by atoms with Gasteiger partial charge in [0, 0.05) is 21.7 Å². The number of carbonyl (C=O) groups is 2. The van der Waals surface area contributed by atoms with Crippen LogP contribution in [0.2, 0.25) is 5.02 Å². The molecule has 37 heavy (non-hydrogen) atoms. The fourth-order valence-corrected chi connectivity index (χ4v) is 5.77. The number of rotatable bonds is 11. The van der Waals surface area contributed by atoms with Gasteiger partial charge in [0.15, 0.2) is 0 Å². The predicted molar refractivity (Wildman–Crippen MR) is 155 cm³/mol. The van der Waals surface area contributed by atoms with Crippen LogP contribution in [0.4, 0.5) is 5.69 Å². The maximum absolute atomic E-state index is 13.9. The van der Waals surface area contributed by atoms with Crippen molar-refractivity contribution in [1.82, 2.24) is 10.2 Å². The molecule has 0 saturated carbocycles. The Morgan fingerprint density at radius 1 is 0.946 bits per heavy atom. The highest BCUT2D eigenvalue weighted by Gasteiger charge is 2.33. The molecule has 7 nitrogen and oxygen atoms in total. The molecule has 1 atom stereocenters. The van der Waals surface area contributed by atoms with Crippen molar-refractivity contribution in [1.29, 1.82) is 0 Å². The van der Waals surface area contributed by atoms with Crippen LogP contribution in [-0.4, -0.2) is 44.3 Å². The standard InChI is InChI=1S/C27H29ClIN3O4S/c1-3-25(27(34)30-4-2)31(18-20-10-12-21(28)13-11-20)26(33)19-32(23-16-14-22(29)15-17-23)37(35,36)24-8-6-5-7-9-24/h5-17,25H,3-4,18-19H2,1-2H3,(H,30,34)/t25-/m0/s1. The third kappa shape index (κ3) is 7.45. The lowest BCUT2D eigenvalue weighted by Gasteiger charge is -2.33. The Balaban J connectivity index is 2.03. The first-order valence-corrected chi connectivity index (χ1v) is 14.7. The lowest BCUT2D eigenvalue weighted by Crippen LogP contribution is -2.52. The fraction of sp³-hybridized carbons (Fsp3) is 0.259. The molecule has 10 heteroatoms. The van der Waals surface area contributed by atoms with E-state index in [0.29, 0.717) is 23.7 Å². The smallest absolute Gasteiger partial charge is 0.264 e. The van der Waals surface area contributed by atoms with E-state index in [4.69, 9.17) is 11.6 Å². The zero-order valence-corrected chi connectivity index (χ0v) is 24.3. The molecule has 0 aliphatic rings. The van der Waals surface area contributed by atoms with E-state index < -0.39 is 28.5 Å². The van der Waals surface area contributed by atoms with E-state index in [-0.39, 0.29) is 17.3 Å². The van der Waals surface area contributed by atoms with Gasteiger partial charge in [0.05, 0.1) is 10.6 Å². The van der Waals surface area contributed by atoms with Crippen molar-refractivity contribution in [2.75, 3.05) is 17.4 Å². The van der Waals surface area contributed by atoms with Gasteiger partial charge in [-0.2, -0.15) is 0 Å². The molecule has 0 fully saturated rings. The summed E-state index contributed by atoms with van der Waals surface area (Å²) in [6.07, 6.45) is 0.361. The number of anilines is 1. The van der Waals surface area contributed by atoms with E-state index in [1.54, 1.807) is 73.7 Å². The van der Waals surface area contributed by atoms with Gasteiger partial charge in [0.25, 0.3) is 10.0 Å². The summed E-state index contributed by atoms with van der Waals surface area (Å²) in [5.74, 6) is -0.787. The minimum atomic E-state index is -4.07. The molecule has 0 saturated heterocycles. The Labute approximate surface area is 237 Å². The molecule has 0 aliphatic heterocycles. The molecular weight excluding hydrogens is 625 g/mol. The van der Waals surface area contributed by atoms with Gasteiger partial charge in [-0.1, -0.05) is 48.9 Å². The van der Waals surface area contributed by atoms with Crippen molar-refractivity contribution in [2.24, 2.45) is 0 Å². The lowest BCUT2D eigenvalue weighted by atomic mass is 10.1. The van der Waals surface area contributed by atoms with Gasteiger partial charge in [-0.15, -0.1) is 0 Å². The fourth-order valence-electron chi connectivity index (χ4n) is 3.85. The summed E-state index contributed by atoms with van der Waals surface area (Å²) in [6.45, 7) is 3.69. The Morgan fingerprint density at radius 3 is 2.14 bits per heavy atom. The molecular formula is C27H29ClIN3O4S. The van der Waals surface area contributed by atoms with E-state index in [2.05, 4.69) is 27.9 Å². The second-order valence-electron chi connectivity index (χ2n) is 8.27. The summed E-state index contributed by atoms with van der Waals surface area (Å²) >= 11 is 8.16. The van der Waals surface area contributed by atoms with Crippen molar-refractivity contribution in [3.05, 3.63) is 93.0 Å². The Bertz CT molecular complexity index is 1300. The van der Waals surface area contributed by atoms with Crippen molar-refractivity contribution in [3.8, 4) is 0 Å². The molecule has 0 aromatic heterocycles. The third-order valence-electron chi connectivity index (χ3n) is 5.73. The summed E-state index contributed by atoms with van der Waals surface area (Å²) in [5.41, 5.74) is 1.13. The molecule has 0 radical (unpaired) electrons. The molecule has 0 bridgehead atoms. The van der Waals surface area contributed by atoms with Crippen LogP contribution < -0.4 is 9.62 Å². The van der Waals surface area contributed by atoms with Crippen molar-refractivity contribution < 1.29 is 18.0 Å². The van der Waals surface area contributed by atoms with E-state index in [0.717, 1.165) is 13.4 Å². The highest BCUT2D eigenvalue weighted by molar-refractivity contribution is 14.1. The van der Waals surface area contributed by atoms with Crippen LogP contribution in [0.25, 0.3) is 0 Å². The van der Waals surface area contributed by atoms with E-state index >= 15 is 0 Å². The van der Waals surface area contributed by atoms with E-state index in [9.17, 15) is 18.0 Å². The minimum Gasteiger partial charge on any atom is -0.355 e. The molecule has 0 spiro atoms. The maximum Gasteiger partial charge on any atom is 0.264 e. The number of benzene rings is 3. The quantitative estimate of drug-likeness (QED) is 0.293. The van der Waals surface area contributed by atoms with Crippen LogP contribution in [-0.2, 0) is 26.2 Å². The van der Waals surface area contributed by atoms with Crippen LogP contribution in [0.1, 0.15) is 25.8 Å². The normalized spacial score (nSPS) is 12.0. The lowest BCUT2D eigenvalue weighted by molar-refractivity contribution is -0.140. The average Bonchev–Trinajstić information content (AvgIpc) is 2.89. The number of hydrogen-bond donors (Lipinski definition) is 1. The zero-order chi connectivity index (χ0) is 27.0. The Morgan fingerprint density at radius 2 is 1.57 bits per heavy atom. The molecule has 3 aromatic rings. The van der Waals surface area contributed by atoms with Gasteiger partial charge in [-0.05, 0) is 90.0 Å². The summed E-state index contributed by atoms with van der Waals surface area (Å²) in [5, 5.41) is 3.34. The second kappa shape index (κ2) is 13.3. The minimum absolute atomic E-state index is 0.0707. The van der Waals surface area contributed by atoms with Gasteiger partial charge in [0.2, 0.25) is 11.8 Å². The van der Waals surface area contributed by atoms with Crippen LogP contribution in [0.3, 0.4) is 0 Å². The van der Waals surface area contributed by atoms with E-state index in [1.165, 1.54) is 17.0 Å². The average molecular weight is 654 g/mol. The number of halogens is 2. The Hall–Kier alpha value is -2.63. The largest absolute Gasteiger partial charge is 0.355 e. The van der Waals surface area contributed by atoms with Crippen LogP contribution in [0, 0.1) is 3.57 Å². The number of sulfonamides is 1. The number of carbonyl (C=O) groups excluding carboxylic acids is 2. The SMILES string of the molecule is CCNC(=O)[C@H](CC)N(Cc1ccc(Cl)cc1)C(=O)CN(c1ccc(I)cc1)S(=O)(=O)c1ccccc1. The molecule has 2 amide bonds. The number of amides is 2. The number of nitrogens with zero attached hydrogens (tertiary/aromatic N) is 2. The van der Waals surface area contributed by atoms with Crippen molar-refractivity contribution in [2.45, 2.75) is 37.8 Å². The number of hydrogen-bond acceptors (Lipinski definition) is 4. The van der Waals surface area contributed by atoms with Gasteiger partial charge in [0.1, 0.15) is 12.6 Å². The first-order chi connectivity index (χ1) is 17.7. The predicted octanol–water partition coefficient (Wildman–Crippen LogP) is 5.08. The summed E-state index contributed by atoms with van der Waals surface area (Å²) in [6, 6.07) is 21.1. The van der Waals surface area contributed by atoms with Gasteiger partial charge >= 0.3 is 0 Å². The van der Waals surface area contributed by atoms with Gasteiger partial charge < -0.3 is 10.2 Å². The number of nitrogens with one attached hydrogen (secondary N) is 1. The molecule has 196 valence electrons. The topological polar surface area (TPSA) is 86.8 Å². The first kappa shape index (κ1) is 28.9. The highest BCUT2D eigenvalue weighted by Crippen LogP contribution is 2.25. The molecule has 3 aromatic carbocycles. The van der Waals surface area contributed by atoms with Gasteiger partial charge in [-0.25, -0.2) is 8.42 Å². The highest BCUT2D eigenvalue weighted by atomic mass is 127. The van der Waals surface area contributed by atoms with E-state index in [1.807, 2.05) is 6.92 Å². The zero-order valence-electron chi connectivity index (χ0n) is 20.6. The second-order valence-corrected chi connectivity index (χ2v) is 11.8. The molecule has 0 aliphatic carbocycles. The molecule has 3 rings (SSSR count). The summed E-state index contributed by atoms with van der Waals surface area (Å²) < 4.78 is 29.4. The summed E-state index contributed by atoms with van der Waals surface area (Å²) in [7, 11) is -4.07. The summed E-state index contributed by atoms with van der Waals surface area (Å²) in [4.78, 5) is 28.3. The third-order valence-corrected chi connectivity index (χ3v) is 8.49. The first-order valence-electron chi connectivity index (χ1n) is 11.8. The van der Waals surface area contributed by atoms with Crippen LogP contribution >= 0.6 is 34.2 Å². The maximum atomic E-state index is 13.9. The monoisotopic (exact) mass is 653 g/mol. The molecule has 1 N–H and O–H groups in total. The van der Waals surface area contributed by atoms with Crippen LogP contribution in [0.5, 0.6) is 0 Å². The molecule has 0 heterocycles. The van der Waals surface area contributed by atoms with Gasteiger partial charge in [-0.3, -0.25) is 13.9 Å². The van der Waals surface area contributed by atoms with Crippen LogP contribution in [0.15, 0.2) is 83.8 Å². The number of likely N-dealkylation sites (N-methyl/N-ethyl adjacent to an activating group) is 1. The van der Waals surface area contributed by atoms with Crippen molar-refractivity contribution >= 4 is 61.7 Å².